The van der Waals surface area contributed by atoms with Crippen LogP contribution >= 0.6 is 23.2 Å². The van der Waals surface area contributed by atoms with Gasteiger partial charge in [0.1, 0.15) is 0 Å². The second kappa shape index (κ2) is 9.95. The van der Waals surface area contributed by atoms with Crippen molar-refractivity contribution < 1.29 is 18.0 Å². The average Bonchev–Trinajstić information content (AvgIpc) is 2.80. The molecule has 0 aliphatic carbocycles. The van der Waals surface area contributed by atoms with E-state index in [2.05, 4.69) is 5.32 Å². The molecule has 0 unspecified atom stereocenters. The zero-order valence-corrected chi connectivity index (χ0v) is 19.3. The van der Waals surface area contributed by atoms with Crippen LogP contribution in [0.25, 0.3) is 10.8 Å². The van der Waals surface area contributed by atoms with E-state index in [4.69, 9.17) is 23.2 Å². The van der Waals surface area contributed by atoms with Crippen molar-refractivity contribution >= 4 is 45.7 Å². The van der Waals surface area contributed by atoms with Gasteiger partial charge in [-0.3, -0.25) is 0 Å². The highest BCUT2D eigenvalue weighted by atomic mass is 35.5. The first-order valence-corrected chi connectivity index (χ1v) is 11.1. The number of halogens is 5. The monoisotopic (exact) mass is 502 g/mol. The fraction of sp³-hybridized carbons (Fsp3) is 0.115. The summed E-state index contributed by atoms with van der Waals surface area (Å²) in [5.41, 5.74) is 0.284. The molecule has 4 rings (SSSR count). The number of nitrogens with zero attached hydrogens (tertiary/aromatic N) is 1. The van der Waals surface area contributed by atoms with Crippen molar-refractivity contribution in [2.24, 2.45) is 0 Å². The van der Waals surface area contributed by atoms with E-state index in [-0.39, 0.29) is 23.8 Å². The minimum atomic E-state index is -4.68. The van der Waals surface area contributed by atoms with Gasteiger partial charge in [-0.05, 0) is 52.2 Å². The number of benzene rings is 4. The molecule has 0 aromatic heterocycles. The van der Waals surface area contributed by atoms with Crippen molar-refractivity contribution in [1.29, 1.82) is 0 Å². The second-order valence-corrected chi connectivity index (χ2v) is 8.61. The molecule has 0 spiro atoms. The van der Waals surface area contributed by atoms with Crippen LogP contribution in [0.1, 0.15) is 16.7 Å². The molecular weight excluding hydrogens is 484 g/mol. The Morgan fingerprint density at radius 3 is 2.24 bits per heavy atom. The molecule has 0 bridgehead atoms. The minimum Gasteiger partial charge on any atom is -0.316 e. The molecule has 34 heavy (non-hydrogen) atoms. The van der Waals surface area contributed by atoms with Gasteiger partial charge in [0.2, 0.25) is 0 Å². The standard InChI is InChI=1S/C26H19Cl2F3N2O/c27-20-10-8-17(9-11-20)15-33(16-19-6-3-5-18-4-1-2-7-22(18)19)25(34)32-24-13-12-21(28)14-23(24)26(29,30)31/h1-14H,15-16H2,(H,32,34). The Balaban J connectivity index is 1.68. The number of fused-ring (bicyclic) bond motifs is 1. The van der Waals surface area contributed by atoms with E-state index in [1.165, 1.54) is 11.0 Å². The van der Waals surface area contributed by atoms with Crippen LogP contribution in [0.3, 0.4) is 0 Å². The van der Waals surface area contributed by atoms with Crippen LogP contribution in [0.5, 0.6) is 0 Å². The molecule has 0 heterocycles. The zero-order chi connectivity index (χ0) is 24.3. The summed E-state index contributed by atoms with van der Waals surface area (Å²) < 4.78 is 40.6. The molecule has 2 amide bonds. The Labute approximate surface area is 204 Å². The minimum absolute atomic E-state index is 0.0703. The van der Waals surface area contributed by atoms with Gasteiger partial charge in [0.25, 0.3) is 0 Å². The lowest BCUT2D eigenvalue weighted by atomic mass is 10.0. The van der Waals surface area contributed by atoms with Crippen LogP contribution < -0.4 is 5.32 Å². The lowest BCUT2D eigenvalue weighted by Crippen LogP contribution is -2.34. The third-order valence-corrected chi connectivity index (χ3v) is 5.83. The second-order valence-electron chi connectivity index (χ2n) is 7.74. The van der Waals surface area contributed by atoms with Gasteiger partial charge in [-0.1, -0.05) is 77.8 Å². The number of urea groups is 1. The van der Waals surface area contributed by atoms with Crippen molar-refractivity contribution in [1.82, 2.24) is 4.90 Å². The number of amides is 2. The van der Waals surface area contributed by atoms with Gasteiger partial charge in [0.15, 0.2) is 0 Å². The van der Waals surface area contributed by atoms with Crippen LogP contribution in [0.2, 0.25) is 10.0 Å². The van der Waals surface area contributed by atoms with Gasteiger partial charge in [0.05, 0.1) is 11.3 Å². The van der Waals surface area contributed by atoms with Crippen LogP contribution in [0.15, 0.2) is 84.9 Å². The highest BCUT2D eigenvalue weighted by molar-refractivity contribution is 6.31. The fourth-order valence-electron chi connectivity index (χ4n) is 3.70. The SMILES string of the molecule is O=C(Nc1ccc(Cl)cc1C(F)(F)F)N(Cc1ccc(Cl)cc1)Cc1cccc2ccccc12. The quantitative estimate of drug-likeness (QED) is 0.292. The number of rotatable bonds is 5. The van der Waals surface area contributed by atoms with Gasteiger partial charge >= 0.3 is 12.2 Å². The van der Waals surface area contributed by atoms with Crippen LogP contribution in [0, 0.1) is 0 Å². The van der Waals surface area contributed by atoms with Crippen LogP contribution in [0.4, 0.5) is 23.7 Å². The van der Waals surface area contributed by atoms with E-state index < -0.39 is 17.8 Å². The van der Waals surface area contributed by atoms with E-state index >= 15 is 0 Å². The zero-order valence-electron chi connectivity index (χ0n) is 17.7. The molecule has 0 saturated heterocycles. The van der Waals surface area contributed by atoms with Gasteiger partial charge in [-0.25, -0.2) is 4.79 Å². The topological polar surface area (TPSA) is 32.3 Å². The van der Waals surface area contributed by atoms with Crippen molar-refractivity contribution in [3.63, 3.8) is 0 Å². The van der Waals surface area contributed by atoms with Crippen LogP contribution in [-0.2, 0) is 19.3 Å². The number of carbonyl (C=O) groups excluding carboxylic acids is 1. The van der Waals surface area contributed by atoms with E-state index in [1.807, 2.05) is 42.5 Å². The van der Waals surface area contributed by atoms with Crippen LogP contribution in [-0.4, -0.2) is 10.9 Å². The summed E-state index contributed by atoms with van der Waals surface area (Å²) in [6.07, 6.45) is -4.68. The summed E-state index contributed by atoms with van der Waals surface area (Å²) in [5.74, 6) is 0. The molecule has 0 atom stereocenters. The summed E-state index contributed by atoms with van der Waals surface area (Å²) >= 11 is 11.7. The summed E-state index contributed by atoms with van der Waals surface area (Å²) in [6.45, 7) is 0.353. The summed E-state index contributed by atoms with van der Waals surface area (Å²) in [4.78, 5) is 14.7. The Kier molecular flexibility index (Phi) is 7.00. The first-order valence-electron chi connectivity index (χ1n) is 10.3. The number of anilines is 1. The Bertz CT molecular complexity index is 1320. The van der Waals surface area contributed by atoms with Crippen molar-refractivity contribution in [3.8, 4) is 0 Å². The molecule has 4 aromatic rings. The Morgan fingerprint density at radius 2 is 1.50 bits per heavy atom. The van der Waals surface area contributed by atoms with E-state index in [0.29, 0.717) is 5.02 Å². The lowest BCUT2D eigenvalue weighted by Gasteiger charge is -2.25. The fourth-order valence-corrected chi connectivity index (χ4v) is 4.00. The molecular formula is C26H19Cl2F3N2O. The van der Waals surface area contributed by atoms with Gasteiger partial charge in [0, 0.05) is 23.1 Å². The Hall–Kier alpha value is -3.22. The maximum absolute atomic E-state index is 13.5. The molecule has 174 valence electrons. The molecule has 4 aromatic carbocycles. The predicted molar refractivity (Wildman–Crippen MR) is 130 cm³/mol. The number of alkyl halides is 3. The van der Waals surface area contributed by atoms with Crippen molar-refractivity contribution in [2.45, 2.75) is 19.3 Å². The molecule has 3 nitrogen and oxygen atoms in total. The molecule has 0 radical (unpaired) electrons. The number of hydrogen-bond acceptors (Lipinski definition) is 1. The third-order valence-electron chi connectivity index (χ3n) is 5.34. The van der Waals surface area contributed by atoms with Gasteiger partial charge in [-0.2, -0.15) is 13.2 Å². The smallest absolute Gasteiger partial charge is 0.316 e. The third kappa shape index (κ3) is 5.64. The molecule has 0 aliphatic rings. The first-order chi connectivity index (χ1) is 16.2. The van der Waals surface area contributed by atoms with Gasteiger partial charge < -0.3 is 10.2 Å². The predicted octanol–water partition coefficient (Wildman–Crippen LogP) is 8.40. The highest BCUT2D eigenvalue weighted by Crippen LogP contribution is 2.36. The first kappa shape index (κ1) is 23.9. The molecule has 8 heteroatoms. The average molecular weight is 503 g/mol. The van der Waals surface area contributed by atoms with E-state index in [0.717, 1.165) is 34.0 Å². The largest absolute Gasteiger partial charge is 0.418 e. The number of carbonyl (C=O) groups is 1. The lowest BCUT2D eigenvalue weighted by molar-refractivity contribution is -0.136. The normalized spacial score (nSPS) is 11.4. The van der Waals surface area contributed by atoms with Crippen molar-refractivity contribution in [3.05, 3.63) is 112 Å². The molecule has 0 fully saturated rings. The summed E-state index contributed by atoms with van der Waals surface area (Å²) in [6, 6.07) is 23.0. The van der Waals surface area contributed by atoms with Gasteiger partial charge in [-0.15, -0.1) is 0 Å². The molecule has 1 N–H and O–H groups in total. The number of hydrogen-bond donors (Lipinski definition) is 1. The molecule has 0 saturated carbocycles. The van der Waals surface area contributed by atoms with E-state index in [1.54, 1.807) is 24.3 Å². The van der Waals surface area contributed by atoms with E-state index in [9.17, 15) is 18.0 Å². The molecule has 0 aliphatic heterocycles. The summed E-state index contributed by atoms with van der Waals surface area (Å²) in [5, 5.41) is 4.87. The van der Waals surface area contributed by atoms with Crippen molar-refractivity contribution in [2.75, 3.05) is 5.32 Å². The maximum atomic E-state index is 13.5. The Morgan fingerprint density at radius 1 is 0.824 bits per heavy atom. The maximum Gasteiger partial charge on any atom is 0.418 e. The summed E-state index contributed by atoms with van der Waals surface area (Å²) in [7, 11) is 0. The highest BCUT2D eigenvalue weighted by Gasteiger charge is 2.34. The number of nitrogens with one attached hydrogen (secondary N) is 1.